The monoisotopic (exact) mass is 350 g/mol. The van der Waals surface area contributed by atoms with Crippen LogP contribution in [0.5, 0.6) is 0 Å². The normalized spacial score (nSPS) is 13.2. The highest BCUT2D eigenvalue weighted by Crippen LogP contribution is 2.20. The predicted octanol–water partition coefficient (Wildman–Crippen LogP) is 3.59. The molecule has 128 valence electrons. The molecule has 0 amide bonds. The summed E-state index contributed by atoms with van der Waals surface area (Å²) < 4.78 is 46.4. The van der Waals surface area contributed by atoms with Crippen LogP contribution in [-0.4, -0.2) is 25.3 Å². The van der Waals surface area contributed by atoms with Gasteiger partial charge in [-0.1, -0.05) is 0 Å². The Morgan fingerprint density at radius 2 is 2.04 bits per heavy atom. The SMILES string of the molecule is [2H]c1c([2H])c(C(=O)Cc2cc3nc(-c4cncn4C)ccc3cn2)c([2H])c([2H])c1F. The lowest BCUT2D eigenvalue weighted by Crippen LogP contribution is -2.05. The van der Waals surface area contributed by atoms with Gasteiger partial charge in [0.05, 0.1) is 47.0 Å². The van der Waals surface area contributed by atoms with Crippen LogP contribution in [0.3, 0.4) is 0 Å². The number of pyridine rings is 2. The third kappa shape index (κ3) is 3.09. The highest BCUT2D eigenvalue weighted by atomic mass is 19.1. The molecule has 0 unspecified atom stereocenters. The van der Waals surface area contributed by atoms with E-state index in [1.807, 2.05) is 23.7 Å². The Labute approximate surface area is 154 Å². The average molecular weight is 350 g/mol. The first-order chi connectivity index (χ1) is 14.3. The van der Waals surface area contributed by atoms with Gasteiger partial charge in [0.15, 0.2) is 5.78 Å². The van der Waals surface area contributed by atoms with Crippen LogP contribution in [0, 0.1) is 5.82 Å². The van der Waals surface area contributed by atoms with Gasteiger partial charge in [0.25, 0.3) is 0 Å². The smallest absolute Gasteiger partial charge is 0.168 e. The Morgan fingerprint density at radius 3 is 2.77 bits per heavy atom. The Kier molecular flexibility index (Phi) is 3.00. The number of imidazole rings is 1. The number of rotatable bonds is 4. The second kappa shape index (κ2) is 6.48. The van der Waals surface area contributed by atoms with E-state index in [2.05, 4.69) is 15.0 Å². The van der Waals surface area contributed by atoms with Crippen molar-refractivity contribution >= 4 is 16.7 Å². The van der Waals surface area contributed by atoms with Crippen molar-refractivity contribution in [2.24, 2.45) is 7.05 Å². The summed E-state index contributed by atoms with van der Waals surface area (Å²) in [7, 11) is 1.85. The van der Waals surface area contributed by atoms with Gasteiger partial charge >= 0.3 is 0 Å². The summed E-state index contributed by atoms with van der Waals surface area (Å²) in [6, 6.07) is 2.20. The number of Topliss-reactive ketones (excluding diaryl/α,β-unsaturated/α-hetero) is 1. The fraction of sp³-hybridized carbons (Fsp3) is 0.100. The van der Waals surface area contributed by atoms with Gasteiger partial charge in [-0.05, 0) is 42.4 Å². The number of aryl methyl sites for hydroxylation is 1. The summed E-state index contributed by atoms with van der Waals surface area (Å²) in [6.45, 7) is 0. The van der Waals surface area contributed by atoms with Gasteiger partial charge in [-0.3, -0.25) is 9.78 Å². The third-order valence-electron chi connectivity index (χ3n) is 3.92. The van der Waals surface area contributed by atoms with Crippen LogP contribution >= 0.6 is 0 Å². The predicted molar refractivity (Wildman–Crippen MR) is 96.2 cm³/mol. The summed E-state index contributed by atoms with van der Waals surface area (Å²) >= 11 is 0. The molecule has 0 spiro atoms. The molecular formula is C20H15FN4O. The molecule has 6 heteroatoms. The molecule has 5 nitrogen and oxygen atoms in total. The minimum Gasteiger partial charge on any atom is -0.332 e. The van der Waals surface area contributed by atoms with Crippen molar-refractivity contribution in [1.82, 2.24) is 19.5 Å². The molecule has 0 fully saturated rings. The molecule has 0 bridgehead atoms. The number of halogens is 1. The van der Waals surface area contributed by atoms with Crippen LogP contribution < -0.4 is 0 Å². The van der Waals surface area contributed by atoms with E-state index in [1.54, 1.807) is 24.8 Å². The fourth-order valence-corrected chi connectivity index (χ4v) is 2.59. The first kappa shape index (κ1) is 12.0. The maximum atomic E-state index is 13.7. The maximum absolute atomic E-state index is 13.7. The highest BCUT2D eigenvalue weighted by molar-refractivity contribution is 5.97. The van der Waals surface area contributed by atoms with Gasteiger partial charge in [-0.2, -0.15) is 0 Å². The number of hydrogen-bond donors (Lipinski definition) is 0. The van der Waals surface area contributed by atoms with E-state index in [0.29, 0.717) is 16.9 Å². The number of carbonyl (C=O) groups excluding carboxylic acids is 1. The summed E-state index contributed by atoms with van der Waals surface area (Å²) in [5.74, 6) is -1.96. The number of carbonyl (C=O) groups is 1. The van der Waals surface area contributed by atoms with Gasteiger partial charge in [0.1, 0.15) is 5.82 Å². The molecule has 0 radical (unpaired) electrons. The zero-order valence-corrected chi connectivity index (χ0v) is 13.7. The molecule has 0 aliphatic heterocycles. The Bertz CT molecular complexity index is 1290. The summed E-state index contributed by atoms with van der Waals surface area (Å²) in [5, 5.41) is 0.767. The number of nitrogens with zero attached hydrogens (tertiary/aromatic N) is 4. The van der Waals surface area contributed by atoms with Gasteiger partial charge in [0, 0.05) is 24.2 Å². The first-order valence-corrected chi connectivity index (χ1v) is 7.79. The number of aromatic nitrogens is 4. The molecule has 0 N–H and O–H groups in total. The molecule has 0 atom stereocenters. The zero-order chi connectivity index (χ0) is 21.6. The molecule has 4 aromatic rings. The Balaban J connectivity index is 1.71. The zero-order valence-electron chi connectivity index (χ0n) is 17.7. The largest absolute Gasteiger partial charge is 0.332 e. The second-order valence-electron chi connectivity index (χ2n) is 5.74. The Morgan fingerprint density at radius 1 is 1.23 bits per heavy atom. The van der Waals surface area contributed by atoms with Crippen LogP contribution in [0.2, 0.25) is 0 Å². The minimum atomic E-state index is -1.28. The molecular weight excluding hydrogens is 331 g/mol. The topological polar surface area (TPSA) is 60.7 Å². The van der Waals surface area contributed by atoms with Crippen molar-refractivity contribution in [3.05, 3.63) is 78.2 Å². The number of benzene rings is 1. The van der Waals surface area contributed by atoms with Crippen LogP contribution in [-0.2, 0) is 13.5 Å². The number of hydrogen-bond acceptors (Lipinski definition) is 4. The molecule has 4 rings (SSSR count). The van der Waals surface area contributed by atoms with Crippen LogP contribution in [0.15, 0.2) is 61.1 Å². The van der Waals surface area contributed by atoms with Crippen molar-refractivity contribution in [3.8, 4) is 11.4 Å². The second-order valence-corrected chi connectivity index (χ2v) is 5.74. The number of ketones is 1. The van der Waals surface area contributed by atoms with Crippen molar-refractivity contribution in [3.63, 3.8) is 0 Å². The van der Waals surface area contributed by atoms with E-state index in [9.17, 15) is 9.18 Å². The molecule has 0 saturated heterocycles. The number of fused-ring (bicyclic) bond motifs is 1. The molecule has 0 aliphatic rings. The molecule has 26 heavy (non-hydrogen) atoms. The van der Waals surface area contributed by atoms with Gasteiger partial charge in [0.2, 0.25) is 0 Å². The first-order valence-electron chi connectivity index (χ1n) is 9.79. The molecule has 1 aromatic carbocycles. The lowest BCUT2D eigenvalue weighted by molar-refractivity contribution is 0.0992. The molecule has 0 saturated carbocycles. The van der Waals surface area contributed by atoms with Crippen LogP contribution in [0.25, 0.3) is 22.3 Å². The van der Waals surface area contributed by atoms with Crippen molar-refractivity contribution in [1.29, 1.82) is 0 Å². The minimum absolute atomic E-state index is 0.268. The Hall–Kier alpha value is -3.41. The summed E-state index contributed by atoms with van der Waals surface area (Å²) in [4.78, 5) is 25.6. The van der Waals surface area contributed by atoms with E-state index in [4.69, 9.17) is 5.48 Å². The lowest BCUT2D eigenvalue weighted by atomic mass is 10.1. The van der Waals surface area contributed by atoms with Gasteiger partial charge < -0.3 is 4.57 Å². The highest BCUT2D eigenvalue weighted by Gasteiger charge is 2.10. The van der Waals surface area contributed by atoms with Crippen molar-refractivity contribution in [2.75, 3.05) is 0 Å². The quantitative estimate of drug-likeness (QED) is 0.528. The van der Waals surface area contributed by atoms with E-state index in [1.165, 1.54) is 0 Å². The summed E-state index contributed by atoms with van der Waals surface area (Å²) in [6.07, 6.45) is 4.66. The van der Waals surface area contributed by atoms with E-state index in [0.717, 1.165) is 11.1 Å². The summed E-state index contributed by atoms with van der Waals surface area (Å²) in [5.41, 5.74) is 2.02. The van der Waals surface area contributed by atoms with Crippen LogP contribution in [0.4, 0.5) is 4.39 Å². The lowest BCUT2D eigenvalue weighted by Gasteiger charge is -2.06. The van der Waals surface area contributed by atoms with Gasteiger partial charge in [-0.25, -0.2) is 14.4 Å². The van der Waals surface area contributed by atoms with Gasteiger partial charge in [-0.15, -0.1) is 0 Å². The maximum Gasteiger partial charge on any atom is 0.168 e. The standard InChI is InChI=1S/C20H15FN4O/c1-25-12-22-11-19(25)17-7-4-14-10-23-16(8-18(14)24-17)9-20(26)13-2-5-15(21)6-3-13/h2-8,10-12H,9H2,1H3/i2D,3D,5D,6D. The average Bonchev–Trinajstić information content (AvgIpc) is 3.16. The molecule has 0 aliphatic carbocycles. The van der Waals surface area contributed by atoms with Crippen molar-refractivity contribution in [2.45, 2.75) is 6.42 Å². The third-order valence-corrected chi connectivity index (χ3v) is 3.92. The fourth-order valence-electron chi connectivity index (χ4n) is 2.59. The molecule has 3 aromatic heterocycles. The van der Waals surface area contributed by atoms with E-state index < -0.39 is 41.3 Å². The van der Waals surface area contributed by atoms with E-state index >= 15 is 0 Å². The van der Waals surface area contributed by atoms with E-state index in [-0.39, 0.29) is 6.42 Å². The molecule has 3 heterocycles. The van der Waals surface area contributed by atoms with Crippen LogP contribution in [0.1, 0.15) is 21.5 Å². The van der Waals surface area contributed by atoms with Crippen molar-refractivity contribution < 1.29 is 14.7 Å².